The number of nitrogens with zero attached hydrogens (tertiary/aromatic N) is 1. The second kappa shape index (κ2) is 9.38. The average Bonchev–Trinajstić information content (AvgIpc) is 2.67. The second-order valence-corrected chi connectivity index (χ2v) is 8.53. The van der Waals surface area contributed by atoms with Crippen molar-refractivity contribution >= 4 is 5.91 Å². The summed E-state index contributed by atoms with van der Waals surface area (Å²) in [5.41, 5.74) is 3.03. The minimum atomic E-state index is -0.137. The number of benzene rings is 1. The van der Waals surface area contributed by atoms with Gasteiger partial charge < -0.3 is 19.1 Å². The van der Waals surface area contributed by atoms with E-state index in [0.29, 0.717) is 13.2 Å². The third kappa shape index (κ3) is 5.34. The van der Waals surface area contributed by atoms with Crippen molar-refractivity contribution in [3.63, 3.8) is 0 Å². The van der Waals surface area contributed by atoms with Crippen LogP contribution in [-0.2, 0) is 14.2 Å². The standard InChI is InChI=1S/C23H35NO4/c1-17(2)26-13-14-27-21-7-12-28-23(16-21)8-10-24(11-9-23)22(25)20-6-5-18(3)19(4)15-20/h5-6,15,17,21H,7-14,16H2,1-4H3. The molecule has 1 unspecified atom stereocenters. The minimum absolute atomic E-state index is 0.132. The van der Waals surface area contributed by atoms with E-state index in [1.54, 1.807) is 0 Å². The van der Waals surface area contributed by atoms with Crippen molar-refractivity contribution in [2.75, 3.05) is 32.9 Å². The van der Waals surface area contributed by atoms with E-state index >= 15 is 0 Å². The van der Waals surface area contributed by atoms with E-state index < -0.39 is 0 Å². The van der Waals surface area contributed by atoms with Gasteiger partial charge in [-0.3, -0.25) is 4.79 Å². The quantitative estimate of drug-likeness (QED) is 0.693. The topological polar surface area (TPSA) is 48.0 Å². The summed E-state index contributed by atoms with van der Waals surface area (Å²) in [5, 5.41) is 0. The molecule has 0 N–H and O–H groups in total. The summed E-state index contributed by atoms with van der Waals surface area (Å²) in [7, 11) is 0. The molecule has 1 amide bonds. The van der Waals surface area contributed by atoms with Crippen LogP contribution in [0.5, 0.6) is 0 Å². The monoisotopic (exact) mass is 389 g/mol. The van der Waals surface area contributed by atoms with Gasteiger partial charge in [-0.15, -0.1) is 0 Å². The van der Waals surface area contributed by atoms with Crippen molar-refractivity contribution in [2.24, 2.45) is 0 Å². The van der Waals surface area contributed by atoms with Crippen LogP contribution in [0.15, 0.2) is 18.2 Å². The zero-order valence-electron chi connectivity index (χ0n) is 17.8. The zero-order valence-corrected chi connectivity index (χ0v) is 17.8. The molecule has 1 atom stereocenters. The molecule has 2 heterocycles. The number of amides is 1. The van der Waals surface area contributed by atoms with E-state index in [1.165, 1.54) is 5.56 Å². The second-order valence-electron chi connectivity index (χ2n) is 8.53. The molecule has 156 valence electrons. The van der Waals surface area contributed by atoms with E-state index in [1.807, 2.05) is 36.9 Å². The predicted molar refractivity (Wildman–Crippen MR) is 110 cm³/mol. The summed E-state index contributed by atoms with van der Waals surface area (Å²) in [6.07, 6.45) is 4.09. The van der Waals surface area contributed by atoms with Gasteiger partial charge in [0.05, 0.1) is 31.0 Å². The number of piperidine rings is 1. The van der Waals surface area contributed by atoms with Crippen molar-refractivity contribution < 1.29 is 19.0 Å². The number of rotatable bonds is 6. The Labute approximate surface area is 169 Å². The summed E-state index contributed by atoms with van der Waals surface area (Å²) in [6.45, 7) is 11.7. The van der Waals surface area contributed by atoms with Crippen LogP contribution in [0, 0.1) is 13.8 Å². The smallest absolute Gasteiger partial charge is 0.253 e. The fraction of sp³-hybridized carbons (Fsp3) is 0.696. The lowest BCUT2D eigenvalue weighted by molar-refractivity contribution is -0.156. The maximum Gasteiger partial charge on any atom is 0.253 e. The highest BCUT2D eigenvalue weighted by Crippen LogP contribution is 2.36. The molecule has 0 saturated carbocycles. The van der Waals surface area contributed by atoms with Gasteiger partial charge in [-0.2, -0.15) is 0 Å². The summed E-state index contributed by atoms with van der Waals surface area (Å²) in [4.78, 5) is 14.8. The maximum atomic E-state index is 12.9. The minimum Gasteiger partial charge on any atom is -0.376 e. The molecule has 0 aliphatic carbocycles. The maximum absolute atomic E-state index is 12.9. The number of aryl methyl sites for hydroxylation is 2. The Kier molecular flexibility index (Phi) is 7.13. The number of ether oxygens (including phenoxy) is 3. The molecule has 2 fully saturated rings. The molecular formula is C23H35NO4. The third-order valence-electron chi connectivity index (χ3n) is 6.05. The number of hydrogen-bond donors (Lipinski definition) is 0. The van der Waals surface area contributed by atoms with Crippen molar-refractivity contribution in [2.45, 2.75) is 71.2 Å². The van der Waals surface area contributed by atoms with E-state index in [0.717, 1.165) is 56.5 Å². The van der Waals surface area contributed by atoms with Crippen LogP contribution in [0.25, 0.3) is 0 Å². The van der Waals surface area contributed by atoms with Gasteiger partial charge in [-0.05, 0) is 70.2 Å². The third-order valence-corrected chi connectivity index (χ3v) is 6.05. The van der Waals surface area contributed by atoms with Gasteiger partial charge in [0.15, 0.2) is 0 Å². The van der Waals surface area contributed by atoms with Gasteiger partial charge in [0.1, 0.15) is 0 Å². The largest absolute Gasteiger partial charge is 0.376 e. The Morgan fingerprint density at radius 3 is 2.64 bits per heavy atom. The van der Waals surface area contributed by atoms with Crippen LogP contribution in [0.1, 0.15) is 61.0 Å². The molecule has 5 heteroatoms. The first-order valence-electron chi connectivity index (χ1n) is 10.6. The Morgan fingerprint density at radius 1 is 1.21 bits per heavy atom. The van der Waals surface area contributed by atoms with Crippen LogP contribution in [0.4, 0.5) is 0 Å². The zero-order chi connectivity index (χ0) is 20.1. The highest BCUT2D eigenvalue weighted by atomic mass is 16.5. The van der Waals surface area contributed by atoms with Crippen molar-refractivity contribution in [3.05, 3.63) is 34.9 Å². The van der Waals surface area contributed by atoms with Crippen molar-refractivity contribution in [3.8, 4) is 0 Å². The van der Waals surface area contributed by atoms with E-state index in [9.17, 15) is 4.79 Å². The number of carbonyl (C=O) groups is 1. The van der Waals surface area contributed by atoms with Gasteiger partial charge in [0.2, 0.25) is 0 Å². The van der Waals surface area contributed by atoms with Gasteiger partial charge in [-0.25, -0.2) is 0 Å². The number of likely N-dealkylation sites (tertiary alicyclic amines) is 1. The predicted octanol–water partition coefficient (Wildman–Crippen LogP) is 3.90. The fourth-order valence-electron chi connectivity index (χ4n) is 4.15. The molecule has 0 aromatic heterocycles. The van der Waals surface area contributed by atoms with Gasteiger partial charge in [0.25, 0.3) is 5.91 Å². The Balaban J connectivity index is 1.50. The average molecular weight is 390 g/mol. The molecule has 2 saturated heterocycles. The first-order valence-corrected chi connectivity index (χ1v) is 10.6. The molecule has 0 bridgehead atoms. The molecule has 5 nitrogen and oxygen atoms in total. The van der Waals surface area contributed by atoms with Crippen LogP contribution >= 0.6 is 0 Å². The van der Waals surface area contributed by atoms with Gasteiger partial charge in [0, 0.05) is 31.7 Å². The molecule has 3 rings (SSSR count). The Hall–Kier alpha value is -1.43. The molecular weight excluding hydrogens is 354 g/mol. The molecule has 2 aliphatic heterocycles. The molecule has 28 heavy (non-hydrogen) atoms. The first kappa shape index (κ1) is 21.3. The lowest BCUT2D eigenvalue weighted by Gasteiger charge is -2.46. The SMILES string of the molecule is Cc1ccc(C(=O)N2CCC3(CC2)CC(OCCOC(C)C)CCO3)cc1C. The van der Waals surface area contributed by atoms with Crippen molar-refractivity contribution in [1.82, 2.24) is 4.90 Å². The number of hydrogen-bond acceptors (Lipinski definition) is 4. The molecule has 2 aliphatic rings. The lowest BCUT2D eigenvalue weighted by Crippen LogP contribution is -2.52. The fourth-order valence-corrected chi connectivity index (χ4v) is 4.15. The Bertz CT molecular complexity index is 665. The van der Waals surface area contributed by atoms with E-state index in [4.69, 9.17) is 14.2 Å². The normalized spacial score (nSPS) is 22.0. The van der Waals surface area contributed by atoms with Gasteiger partial charge >= 0.3 is 0 Å². The summed E-state index contributed by atoms with van der Waals surface area (Å²) < 4.78 is 17.8. The first-order chi connectivity index (χ1) is 13.4. The summed E-state index contributed by atoms with van der Waals surface area (Å²) in [6, 6.07) is 5.97. The summed E-state index contributed by atoms with van der Waals surface area (Å²) >= 11 is 0. The van der Waals surface area contributed by atoms with Crippen molar-refractivity contribution in [1.29, 1.82) is 0 Å². The Morgan fingerprint density at radius 2 is 1.96 bits per heavy atom. The van der Waals surface area contributed by atoms with Crippen LogP contribution < -0.4 is 0 Å². The van der Waals surface area contributed by atoms with Gasteiger partial charge in [-0.1, -0.05) is 6.07 Å². The van der Waals surface area contributed by atoms with E-state index in [2.05, 4.69) is 13.8 Å². The highest BCUT2D eigenvalue weighted by Gasteiger charge is 2.41. The molecule has 0 radical (unpaired) electrons. The van der Waals surface area contributed by atoms with Crippen LogP contribution in [0.2, 0.25) is 0 Å². The molecule has 1 aromatic carbocycles. The highest BCUT2D eigenvalue weighted by molar-refractivity contribution is 5.94. The van der Waals surface area contributed by atoms with Crippen LogP contribution in [-0.4, -0.2) is 61.5 Å². The van der Waals surface area contributed by atoms with E-state index in [-0.39, 0.29) is 23.7 Å². The molecule has 1 aromatic rings. The molecule has 1 spiro atoms. The number of carbonyl (C=O) groups excluding carboxylic acids is 1. The summed E-state index contributed by atoms with van der Waals surface area (Å²) in [5.74, 6) is 0.132. The lowest BCUT2D eigenvalue weighted by atomic mass is 9.83. The van der Waals surface area contributed by atoms with Crippen LogP contribution in [0.3, 0.4) is 0 Å².